The number of hydrogen-bond donors (Lipinski definition) is 2. The molecule has 1 amide bonds. The molecule has 1 aliphatic carbocycles. The van der Waals surface area contributed by atoms with E-state index in [1.807, 2.05) is 0 Å². The van der Waals surface area contributed by atoms with Gasteiger partial charge in [-0.2, -0.15) is 0 Å². The number of para-hydroxylation sites is 1. The van der Waals surface area contributed by atoms with Crippen LogP contribution < -0.4 is 10.6 Å². The molecule has 98 valence electrons. The second-order valence-corrected chi connectivity index (χ2v) is 4.51. The number of hydrogen-bond acceptors (Lipinski definition) is 2. The van der Waals surface area contributed by atoms with Gasteiger partial charge in [0.25, 0.3) is 0 Å². The zero-order chi connectivity index (χ0) is 13.0. The van der Waals surface area contributed by atoms with Gasteiger partial charge >= 0.3 is 0 Å². The van der Waals surface area contributed by atoms with Crippen LogP contribution in [0.2, 0.25) is 0 Å². The van der Waals surface area contributed by atoms with Gasteiger partial charge in [0.1, 0.15) is 17.3 Å². The van der Waals surface area contributed by atoms with Crippen LogP contribution in [0.3, 0.4) is 0 Å². The maximum atomic E-state index is 13.3. The Morgan fingerprint density at radius 3 is 2.44 bits per heavy atom. The van der Waals surface area contributed by atoms with Gasteiger partial charge in [-0.15, -0.1) is 0 Å². The van der Waals surface area contributed by atoms with Gasteiger partial charge in [-0.3, -0.25) is 4.79 Å². The standard InChI is InChI=1S/C13H16F2N2O/c14-10-6-3-7-11(15)13(10)17-12(18)8-16-9-4-1-2-5-9/h3,6-7,9,16H,1-2,4-5,8H2,(H,17,18). The van der Waals surface area contributed by atoms with E-state index in [9.17, 15) is 13.6 Å². The van der Waals surface area contributed by atoms with Gasteiger partial charge in [-0.25, -0.2) is 8.78 Å². The number of carbonyl (C=O) groups is 1. The lowest BCUT2D eigenvalue weighted by atomic mass is 10.2. The molecule has 1 fully saturated rings. The monoisotopic (exact) mass is 254 g/mol. The Bertz CT molecular complexity index is 411. The number of anilines is 1. The van der Waals surface area contributed by atoms with Crippen LogP contribution in [0.15, 0.2) is 18.2 Å². The van der Waals surface area contributed by atoms with Crippen molar-refractivity contribution in [2.75, 3.05) is 11.9 Å². The number of rotatable bonds is 4. The quantitative estimate of drug-likeness (QED) is 0.866. The molecule has 5 heteroatoms. The van der Waals surface area contributed by atoms with Gasteiger partial charge in [-0.1, -0.05) is 18.9 Å². The highest BCUT2D eigenvalue weighted by Crippen LogP contribution is 2.19. The summed E-state index contributed by atoms with van der Waals surface area (Å²) in [5.41, 5.74) is -0.379. The van der Waals surface area contributed by atoms with Gasteiger partial charge in [0.2, 0.25) is 5.91 Å². The molecular formula is C13H16F2N2O. The number of benzene rings is 1. The number of carbonyl (C=O) groups excluding carboxylic acids is 1. The van der Waals surface area contributed by atoms with Crippen LogP contribution in [0.5, 0.6) is 0 Å². The van der Waals surface area contributed by atoms with Crippen LogP contribution in [0.25, 0.3) is 0 Å². The molecule has 0 atom stereocenters. The van der Waals surface area contributed by atoms with Crippen molar-refractivity contribution in [2.45, 2.75) is 31.7 Å². The van der Waals surface area contributed by atoms with Crippen molar-refractivity contribution in [1.82, 2.24) is 5.32 Å². The minimum atomic E-state index is -0.760. The highest BCUT2D eigenvalue weighted by Gasteiger charge is 2.16. The lowest BCUT2D eigenvalue weighted by molar-refractivity contribution is -0.115. The smallest absolute Gasteiger partial charge is 0.238 e. The fraction of sp³-hybridized carbons (Fsp3) is 0.462. The van der Waals surface area contributed by atoms with Gasteiger partial charge in [-0.05, 0) is 25.0 Å². The van der Waals surface area contributed by atoms with Crippen LogP contribution in [-0.2, 0) is 4.79 Å². The Labute approximate surface area is 105 Å². The summed E-state index contributed by atoms with van der Waals surface area (Å²) >= 11 is 0. The molecule has 1 saturated carbocycles. The summed E-state index contributed by atoms with van der Waals surface area (Å²) in [6, 6.07) is 3.84. The molecule has 0 spiro atoms. The highest BCUT2D eigenvalue weighted by atomic mass is 19.1. The van der Waals surface area contributed by atoms with Crippen LogP contribution in [0.4, 0.5) is 14.5 Å². The average Bonchev–Trinajstić information content (AvgIpc) is 2.84. The largest absolute Gasteiger partial charge is 0.320 e. The molecule has 0 aliphatic heterocycles. The van der Waals surface area contributed by atoms with E-state index in [2.05, 4.69) is 10.6 Å². The summed E-state index contributed by atoms with van der Waals surface area (Å²) in [5, 5.41) is 5.33. The summed E-state index contributed by atoms with van der Waals surface area (Å²) in [4.78, 5) is 11.6. The minimum absolute atomic E-state index is 0.0818. The van der Waals surface area contributed by atoms with E-state index in [0.29, 0.717) is 6.04 Å². The van der Waals surface area contributed by atoms with Gasteiger partial charge in [0.05, 0.1) is 6.54 Å². The summed E-state index contributed by atoms with van der Waals surface area (Å²) < 4.78 is 26.6. The molecule has 18 heavy (non-hydrogen) atoms. The van der Waals surface area contributed by atoms with Crippen molar-refractivity contribution in [3.63, 3.8) is 0 Å². The molecule has 2 N–H and O–H groups in total. The first kappa shape index (κ1) is 13.0. The summed E-state index contributed by atoms with van der Waals surface area (Å²) in [5.74, 6) is -1.95. The maximum absolute atomic E-state index is 13.3. The molecule has 0 unspecified atom stereocenters. The van der Waals surface area contributed by atoms with E-state index in [0.717, 1.165) is 25.0 Å². The summed E-state index contributed by atoms with van der Waals surface area (Å²) in [6.45, 7) is 0.0818. The SMILES string of the molecule is O=C(CNC1CCCC1)Nc1c(F)cccc1F. The zero-order valence-electron chi connectivity index (χ0n) is 10.0. The molecule has 2 rings (SSSR count). The van der Waals surface area contributed by atoms with E-state index < -0.39 is 17.5 Å². The Morgan fingerprint density at radius 1 is 1.22 bits per heavy atom. The maximum Gasteiger partial charge on any atom is 0.238 e. The Morgan fingerprint density at radius 2 is 1.83 bits per heavy atom. The molecule has 1 aromatic carbocycles. The van der Waals surface area contributed by atoms with Crippen molar-refractivity contribution in [1.29, 1.82) is 0 Å². The molecule has 3 nitrogen and oxygen atoms in total. The zero-order valence-corrected chi connectivity index (χ0v) is 10.0. The van der Waals surface area contributed by atoms with Gasteiger partial charge in [0, 0.05) is 6.04 Å². The number of amides is 1. The van der Waals surface area contributed by atoms with E-state index in [-0.39, 0.29) is 12.2 Å². The minimum Gasteiger partial charge on any atom is -0.320 e. The Kier molecular flexibility index (Phi) is 4.25. The lowest BCUT2D eigenvalue weighted by Crippen LogP contribution is -2.34. The van der Waals surface area contributed by atoms with Gasteiger partial charge in [0.15, 0.2) is 0 Å². The predicted molar refractivity (Wildman–Crippen MR) is 65.2 cm³/mol. The highest BCUT2D eigenvalue weighted by molar-refractivity contribution is 5.92. The fourth-order valence-corrected chi connectivity index (χ4v) is 2.17. The fourth-order valence-electron chi connectivity index (χ4n) is 2.17. The third kappa shape index (κ3) is 3.26. The molecule has 0 heterocycles. The van der Waals surface area contributed by atoms with E-state index in [1.165, 1.54) is 18.9 Å². The van der Waals surface area contributed by atoms with Crippen LogP contribution in [-0.4, -0.2) is 18.5 Å². The second-order valence-electron chi connectivity index (χ2n) is 4.51. The van der Waals surface area contributed by atoms with Crippen molar-refractivity contribution in [2.24, 2.45) is 0 Å². The Balaban J connectivity index is 1.86. The topological polar surface area (TPSA) is 41.1 Å². The average molecular weight is 254 g/mol. The number of nitrogens with one attached hydrogen (secondary N) is 2. The summed E-state index contributed by atoms with van der Waals surface area (Å²) in [6.07, 6.45) is 4.45. The first-order valence-corrected chi connectivity index (χ1v) is 6.14. The molecule has 0 aromatic heterocycles. The molecule has 1 aromatic rings. The van der Waals surface area contributed by atoms with Crippen LogP contribution in [0, 0.1) is 11.6 Å². The van der Waals surface area contributed by atoms with Crippen LogP contribution >= 0.6 is 0 Å². The lowest BCUT2D eigenvalue weighted by Gasteiger charge is -2.12. The van der Waals surface area contributed by atoms with Crippen molar-refractivity contribution >= 4 is 11.6 Å². The van der Waals surface area contributed by atoms with Crippen LogP contribution in [0.1, 0.15) is 25.7 Å². The third-order valence-corrected chi connectivity index (χ3v) is 3.13. The van der Waals surface area contributed by atoms with Crippen molar-refractivity contribution < 1.29 is 13.6 Å². The van der Waals surface area contributed by atoms with Crippen molar-refractivity contribution in [3.05, 3.63) is 29.8 Å². The second kappa shape index (κ2) is 5.91. The molecule has 0 saturated heterocycles. The first-order valence-electron chi connectivity index (χ1n) is 6.14. The number of halogens is 2. The molecular weight excluding hydrogens is 238 g/mol. The summed E-state index contributed by atoms with van der Waals surface area (Å²) in [7, 11) is 0. The molecule has 1 aliphatic rings. The third-order valence-electron chi connectivity index (χ3n) is 3.13. The predicted octanol–water partition coefficient (Wildman–Crippen LogP) is 2.44. The molecule has 0 radical (unpaired) electrons. The van der Waals surface area contributed by atoms with E-state index in [4.69, 9.17) is 0 Å². The van der Waals surface area contributed by atoms with E-state index >= 15 is 0 Å². The van der Waals surface area contributed by atoms with E-state index in [1.54, 1.807) is 0 Å². The molecule has 0 bridgehead atoms. The Hall–Kier alpha value is -1.49. The first-order chi connectivity index (χ1) is 8.66. The van der Waals surface area contributed by atoms with Gasteiger partial charge < -0.3 is 10.6 Å². The van der Waals surface area contributed by atoms with Crippen molar-refractivity contribution in [3.8, 4) is 0 Å². The normalized spacial score (nSPS) is 15.9.